The number of nitrogens with zero attached hydrogens (tertiary/aromatic N) is 4. The predicted octanol–water partition coefficient (Wildman–Crippen LogP) is 3.22. The first-order chi connectivity index (χ1) is 13.9. The van der Waals surface area contributed by atoms with E-state index in [-0.39, 0.29) is 23.3 Å². The van der Waals surface area contributed by atoms with E-state index in [0.29, 0.717) is 43.2 Å². The number of carbonyl (C=O) groups excluding carboxylic acids is 1. The molecule has 2 aromatic rings. The van der Waals surface area contributed by atoms with Gasteiger partial charge in [-0.15, -0.1) is 0 Å². The molecule has 0 radical (unpaired) electrons. The van der Waals surface area contributed by atoms with E-state index in [1.807, 2.05) is 30.9 Å². The molecule has 0 unspecified atom stereocenters. The lowest BCUT2D eigenvalue weighted by atomic mass is 10.1. The fraction of sp³-hybridized carbons (Fsp3) is 0.333. The van der Waals surface area contributed by atoms with Crippen molar-refractivity contribution >= 4 is 17.3 Å². The number of amides is 1. The number of hydrogen-bond acceptors (Lipinski definition) is 6. The number of nitro groups is 1. The summed E-state index contributed by atoms with van der Waals surface area (Å²) in [6.45, 7) is 5.94. The molecular formula is C21H22N4O4. The van der Waals surface area contributed by atoms with Gasteiger partial charge in [-0.3, -0.25) is 14.9 Å². The SMILES string of the molecule is CC(C)Oc1cccc(C(=O)N2CCN(c3ccc([N+](=O)[O-])cc3C#N)CC2)c1. The van der Waals surface area contributed by atoms with Crippen LogP contribution in [0.4, 0.5) is 11.4 Å². The minimum absolute atomic E-state index is 0.0277. The van der Waals surface area contributed by atoms with Gasteiger partial charge in [0.1, 0.15) is 11.8 Å². The highest BCUT2D eigenvalue weighted by Crippen LogP contribution is 2.26. The summed E-state index contributed by atoms with van der Waals surface area (Å²) in [7, 11) is 0. The van der Waals surface area contributed by atoms with E-state index >= 15 is 0 Å². The molecule has 0 N–H and O–H groups in total. The first kappa shape index (κ1) is 20.1. The quantitative estimate of drug-likeness (QED) is 0.570. The van der Waals surface area contributed by atoms with Gasteiger partial charge in [0.05, 0.1) is 22.3 Å². The average molecular weight is 394 g/mol. The topological polar surface area (TPSA) is 99.7 Å². The van der Waals surface area contributed by atoms with Crippen LogP contribution in [0.5, 0.6) is 5.75 Å². The summed E-state index contributed by atoms with van der Waals surface area (Å²) in [4.78, 5) is 27.0. The van der Waals surface area contributed by atoms with Crippen molar-refractivity contribution in [2.75, 3.05) is 31.1 Å². The van der Waals surface area contributed by atoms with Gasteiger partial charge in [-0.25, -0.2) is 0 Å². The molecule has 1 aliphatic rings. The number of hydrogen-bond donors (Lipinski definition) is 0. The van der Waals surface area contributed by atoms with Gasteiger partial charge in [0, 0.05) is 43.9 Å². The highest BCUT2D eigenvalue weighted by atomic mass is 16.6. The molecule has 1 fully saturated rings. The molecule has 0 saturated carbocycles. The van der Waals surface area contributed by atoms with Crippen LogP contribution in [0.15, 0.2) is 42.5 Å². The van der Waals surface area contributed by atoms with Crippen molar-refractivity contribution in [2.45, 2.75) is 20.0 Å². The zero-order valence-electron chi connectivity index (χ0n) is 16.4. The molecule has 0 atom stereocenters. The molecule has 1 saturated heterocycles. The Balaban J connectivity index is 1.69. The Morgan fingerprint density at radius 2 is 1.90 bits per heavy atom. The van der Waals surface area contributed by atoms with Crippen LogP contribution in [0, 0.1) is 21.4 Å². The van der Waals surface area contributed by atoms with Gasteiger partial charge >= 0.3 is 0 Å². The third-order valence-corrected chi connectivity index (χ3v) is 4.67. The zero-order chi connectivity index (χ0) is 21.0. The van der Waals surface area contributed by atoms with Crippen LogP contribution < -0.4 is 9.64 Å². The van der Waals surface area contributed by atoms with E-state index in [9.17, 15) is 20.2 Å². The molecule has 1 aliphatic heterocycles. The Labute approximate surface area is 169 Å². The van der Waals surface area contributed by atoms with Gasteiger partial charge < -0.3 is 14.5 Å². The van der Waals surface area contributed by atoms with Gasteiger partial charge in [0.15, 0.2) is 0 Å². The van der Waals surface area contributed by atoms with Gasteiger partial charge in [-0.05, 0) is 38.1 Å². The number of carbonyl (C=O) groups is 1. The molecule has 1 amide bonds. The van der Waals surface area contributed by atoms with E-state index in [1.165, 1.54) is 12.1 Å². The van der Waals surface area contributed by atoms with E-state index in [1.54, 1.807) is 29.2 Å². The lowest BCUT2D eigenvalue weighted by Gasteiger charge is -2.36. The molecule has 0 bridgehead atoms. The fourth-order valence-corrected chi connectivity index (χ4v) is 3.31. The molecule has 8 nitrogen and oxygen atoms in total. The van der Waals surface area contributed by atoms with Crippen molar-refractivity contribution in [3.05, 3.63) is 63.7 Å². The summed E-state index contributed by atoms with van der Waals surface area (Å²) in [5, 5.41) is 20.3. The van der Waals surface area contributed by atoms with Gasteiger partial charge in [0.2, 0.25) is 0 Å². The summed E-state index contributed by atoms with van der Waals surface area (Å²) in [6, 6.07) is 13.5. The van der Waals surface area contributed by atoms with Crippen LogP contribution in [-0.4, -0.2) is 48.0 Å². The van der Waals surface area contributed by atoms with E-state index in [0.717, 1.165) is 0 Å². The number of benzene rings is 2. The Morgan fingerprint density at radius 1 is 1.17 bits per heavy atom. The van der Waals surface area contributed by atoms with Crippen LogP contribution in [0.3, 0.4) is 0 Å². The second-order valence-electron chi connectivity index (χ2n) is 7.04. The molecule has 29 heavy (non-hydrogen) atoms. The van der Waals surface area contributed by atoms with Crippen LogP contribution in [-0.2, 0) is 0 Å². The number of non-ortho nitro benzene ring substituents is 1. The number of nitro benzene ring substituents is 1. The third kappa shape index (κ3) is 4.63. The summed E-state index contributed by atoms with van der Waals surface area (Å²) in [5.41, 5.74) is 1.38. The number of anilines is 1. The van der Waals surface area contributed by atoms with E-state index in [4.69, 9.17) is 4.74 Å². The average Bonchev–Trinajstić information content (AvgIpc) is 2.72. The number of rotatable bonds is 5. The smallest absolute Gasteiger partial charge is 0.270 e. The minimum atomic E-state index is -0.516. The number of ether oxygens (including phenoxy) is 1. The largest absolute Gasteiger partial charge is 0.491 e. The van der Waals surface area contributed by atoms with Crippen LogP contribution in [0.25, 0.3) is 0 Å². The molecule has 150 valence electrons. The standard InChI is InChI=1S/C21H22N4O4/c1-15(2)29-19-5-3-4-16(13-19)21(26)24-10-8-23(9-11-24)20-7-6-18(25(27)28)12-17(20)14-22/h3-7,12-13,15H,8-11H2,1-2H3. The first-order valence-electron chi connectivity index (χ1n) is 9.38. The number of nitriles is 1. The lowest BCUT2D eigenvalue weighted by Crippen LogP contribution is -2.49. The molecule has 0 aromatic heterocycles. The fourth-order valence-electron chi connectivity index (χ4n) is 3.31. The van der Waals surface area contributed by atoms with Crippen molar-refractivity contribution in [1.82, 2.24) is 4.90 Å². The third-order valence-electron chi connectivity index (χ3n) is 4.67. The second kappa shape index (κ2) is 8.61. The van der Waals surface area contributed by atoms with Crippen molar-refractivity contribution in [2.24, 2.45) is 0 Å². The van der Waals surface area contributed by atoms with Crippen molar-refractivity contribution in [3.8, 4) is 11.8 Å². The zero-order valence-corrected chi connectivity index (χ0v) is 16.4. The monoisotopic (exact) mass is 394 g/mol. The highest BCUT2D eigenvalue weighted by Gasteiger charge is 2.24. The maximum Gasteiger partial charge on any atom is 0.270 e. The Morgan fingerprint density at radius 3 is 2.52 bits per heavy atom. The van der Waals surface area contributed by atoms with Crippen LogP contribution in [0.2, 0.25) is 0 Å². The van der Waals surface area contributed by atoms with Gasteiger partial charge in [-0.2, -0.15) is 5.26 Å². The Hall–Kier alpha value is -3.60. The Kier molecular flexibility index (Phi) is 5.98. The van der Waals surface area contributed by atoms with Crippen molar-refractivity contribution in [1.29, 1.82) is 5.26 Å². The molecular weight excluding hydrogens is 372 g/mol. The summed E-state index contributed by atoms with van der Waals surface area (Å²) in [6.07, 6.45) is 0.0277. The van der Waals surface area contributed by atoms with Gasteiger partial charge in [-0.1, -0.05) is 6.07 Å². The predicted molar refractivity (Wildman–Crippen MR) is 108 cm³/mol. The van der Waals surface area contributed by atoms with Gasteiger partial charge in [0.25, 0.3) is 11.6 Å². The molecule has 1 heterocycles. The van der Waals surface area contributed by atoms with E-state index in [2.05, 4.69) is 0 Å². The first-order valence-corrected chi connectivity index (χ1v) is 9.38. The highest BCUT2D eigenvalue weighted by molar-refractivity contribution is 5.94. The molecule has 8 heteroatoms. The minimum Gasteiger partial charge on any atom is -0.491 e. The van der Waals surface area contributed by atoms with Crippen molar-refractivity contribution in [3.63, 3.8) is 0 Å². The number of piperazine rings is 1. The van der Waals surface area contributed by atoms with Crippen LogP contribution >= 0.6 is 0 Å². The molecule has 0 spiro atoms. The maximum absolute atomic E-state index is 12.8. The molecule has 2 aromatic carbocycles. The van der Waals surface area contributed by atoms with E-state index < -0.39 is 4.92 Å². The van der Waals surface area contributed by atoms with Crippen LogP contribution in [0.1, 0.15) is 29.8 Å². The lowest BCUT2D eigenvalue weighted by molar-refractivity contribution is -0.384. The normalized spacial score (nSPS) is 13.9. The second-order valence-corrected chi connectivity index (χ2v) is 7.04. The van der Waals surface area contributed by atoms with Crippen molar-refractivity contribution < 1.29 is 14.5 Å². The summed E-state index contributed by atoms with van der Waals surface area (Å²) < 4.78 is 5.66. The summed E-state index contributed by atoms with van der Waals surface area (Å²) in [5.74, 6) is 0.595. The maximum atomic E-state index is 12.8. The summed E-state index contributed by atoms with van der Waals surface area (Å²) >= 11 is 0. The molecule has 0 aliphatic carbocycles. The Bertz CT molecular complexity index is 959. The molecule has 3 rings (SSSR count).